The molecule has 0 spiro atoms. The average molecular weight is 438 g/mol. The van der Waals surface area contributed by atoms with Crippen molar-refractivity contribution in [1.82, 2.24) is 14.6 Å². The third-order valence-corrected chi connectivity index (χ3v) is 5.93. The number of benzene rings is 2. The maximum Gasteiger partial charge on any atom is 0.264 e. The van der Waals surface area contributed by atoms with Crippen molar-refractivity contribution in [2.45, 2.75) is 19.3 Å². The Kier molecular flexibility index (Phi) is 5.73. The summed E-state index contributed by atoms with van der Waals surface area (Å²) in [7, 11) is -3.62. The predicted octanol–water partition coefficient (Wildman–Crippen LogP) is 3.22. The minimum atomic E-state index is -3.62. The van der Waals surface area contributed by atoms with E-state index in [1.807, 2.05) is 27.8 Å². The summed E-state index contributed by atoms with van der Waals surface area (Å²) in [6.45, 7) is 1.55. The van der Waals surface area contributed by atoms with Crippen LogP contribution in [0.3, 0.4) is 0 Å². The van der Waals surface area contributed by atoms with E-state index in [9.17, 15) is 18.0 Å². The minimum Gasteiger partial charge on any atom is -0.339 e. The molecule has 0 unspecified atom stereocenters. The Balaban J connectivity index is 1.66. The van der Waals surface area contributed by atoms with E-state index >= 15 is 0 Å². The lowest BCUT2D eigenvalue weighted by molar-refractivity contribution is 0.0726. The number of pyridine rings is 1. The zero-order chi connectivity index (χ0) is 22.0. The van der Waals surface area contributed by atoms with Crippen LogP contribution >= 0.6 is 0 Å². The van der Waals surface area contributed by atoms with Crippen molar-refractivity contribution in [2.24, 2.45) is 0 Å². The van der Waals surface area contributed by atoms with Crippen LogP contribution in [0, 0.1) is 0 Å². The SMILES string of the molecule is CS(=O)(=O)NC(=O)c1ccc(-c2ccc3nccc(C(=O)N4CCCCC4)c3c2)cc1. The second kappa shape index (κ2) is 8.47. The van der Waals surface area contributed by atoms with Crippen LogP contribution in [-0.2, 0) is 10.0 Å². The fourth-order valence-corrected chi connectivity index (χ4v) is 4.28. The summed E-state index contributed by atoms with van der Waals surface area (Å²) in [4.78, 5) is 31.4. The lowest BCUT2D eigenvalue weighted by Crippen LogP contribution is -2.35. The van der Waals surface area contributed by atoms with Crippen LogP contribution in [0.4, 0.5) is 0 Å². The van der Waals surface area contributed by atoms with Gasteiger partial charge < -0.3 is 4.90 Å². The fourth-order valence-electron chi connectivity index (χ4n) is 3.82. The van der Waals surface area contributed by atoms with E-state index in [1.165, 1.54) is 0 Å². The molecular weight excluding hydrogens is 414 g/mol. The molecule has 1 N–H and O–H groups in total. The summed E-state index contributed by atoms with van der Waals surface area (Å²) in [6, 6.07) is 14.1. The van der Waals surface area contributed by atoms with Gasteiger partial charge in [-0.25, -0.2) is 13.1 Å². The minimum absolute atomic E-state index is 0.0250. The summed E-state index contributed by atoms with van der Waals surface area (Å²) < 4.78 is 24.5. The fraction of sp³-hybridized carbons (Fsp3) is 0.261. The number of amides is 2. The van der Waals surface area contributed by atoms with Crippen LogP contribution < -0.4 is 4.72 Å². The lowest BCUT2D eigenvalue weighted by Gasteiger charge is -2.27. The van der Waals surface area contributed by atoms with Gasteiger partial charge in [0.05, 0.1) is 17.3 Å². The largest absolute Gasteiger partial charge is 0.339 e. The van der Waals surface area contributed by atoms with Gasteiger partial charge in [0.25, 0.3) is 11.8 Å². The Morgan fingerprint density at radius 1 is 0.935 bits per heavy atom. The maximum absolute atomic E-state index is 13.1. The van der Waals surface area contributed by atoms with Gasteiger partial charge in [0.2, 0.25) is 10.0 Å². The number of rotatable bonds is 4. The molecule has 1 saturated heterocycles. The molecule has 1 aliphatic heterocycles. The molecule has 1 fully saturated rings. The standard InChI is InChI=1S/C23H23N3O4S/c1-31(29,30)25-22(27)17-7-5-16(6-8-17)18-9-10-21-20(15-18)19(11-12-24-21)23(28)26-13-3-2-4-14-26/h5-12,15H,2-4,13-14H2,1H3,(H,25,27). The van der Waals surface area contributed by atoms with Crippen molar-refractivity contribution in [3.05, 3.63) is 65.9 Å². The second-order valence-electron chi connectivity index (χ2n) is 7.72. The smallest absolute Gasteiger partial charge is 0.264 e. The predicted molar refractivity (Wildman–Crippen MR) is 119 cm³/mol. The van der Waals surface area contributed by atoms with Gasteiger partial charge in [-0.15, -0.1) is 0 Å². The molecular formula is C23H23N3O4S. The van der Waals surface area contributed by atoms with Gasteiger partial charge in [0.15, 0.2) is 0 Å². The summed E-state index contributed by atoms with van der Waals surface area (Å²) in [5.74, 6) is -0.650. The molecule has 31 heavy (non-hydrogen) atoms. The summed E-state index contributed by atoms with van der Waals surface area (Å²) >= 11 is 0. The lowest BCUT2D eigenvalue weighted by atomic mass is 9.99. The van der Waals surface area contributed by atoms with E-state index < -0.39 is 15.9 Å². The highest BCUT2D eigenvalue weighted by Crippen LogP contribution is 2.27. The number of hydrogen-bond acceptors (Lipinski definition) is 5. The van der Waals surface area contributed by atoms with E-state index in [0.717, 1.165) is 60.6 Å². The normalized spacial score (nSPS) is 14.4. The van der Waals surface area contributed by atoms with Gasteiger partial charge in [0, 0.05) is 30.2 Å². The first-order valence-corrected chi connectivity index (χ1v) is 12.0. The molecule has 0 saturated carbocycles. The first-order valence-electron chi connectivity index (χ1n) is 10.1. The van der Waals surface area contributed by atoms with Crippen LogP contribution in [0.2, 0.25) is 0 Å². The molecule has 1 aliphatic rings. The maximum atomic E-state index is 13.1. The van der Waals surface area contributed by atoms with Crippen LogP contribution in [0.5, 0.6) is 0 Å². The molecule has 0 bridgehead atoms. The number of carbonyl (C=O) groups excluding carboxylic acids is 2. The molecule has 7 nitrogen and oxygen atoms in total. The molecule has 8 heteroatoms. The van der Waals surface area contributed by atoms with E-state index in [0.29, 0.717) is 5.56 Å². The van der Waals surface area contributed by atoms with Crippen molar-refractivity contribution in [3.8, 4) is 11.1 Å². The van der Waals surface area contributed by atoms with E-state index in [1.54, 1.807) is 36.5 Å². The van der Waals surface area contributed by atoms with Crippen LogP contribution in [0.25, 0.3) is 22.0 Å². The number of hydrogen-bond donors (Lipinski definition) is 1. The Morgan fingerprint density at radius 3 is 2.29 bits per heavy atom. The molecule has 0 atom stereocenters. The monoisotopic (exact) mass is 437 g/mol. The Morgan fingerprint density at radius 2 is 1.61 bits per heavy atom. The van der Waals surface area contributed by atoms with Crippen LogP contribution in [-0.4, -0.2) is 49.5 Å². The van der Waals surface area contributed by atoms with Crippen molar-refractivity contribution < 1.29 is 18.0 Å². The molecule has 160 valence electrons. The topological polar surface area (TPSA) is 96.4 Å². The van der Waals surface area contributed by atoms with Crippen molar-refractivity contribution >= 4 is 32.7 Å². The van der Waals surface area contributed by atoms with Gasteiger partial charge in [-0.1, -0.05) is 18.2 Å². The van der Waals surface area contributed by atoms with Gasteiger partial charge >= 0.3 is 0 Å². The van der Waals surface area contributed by atoms with E-state index in [4.69, 9.17) is 0 Å². The number of aromatic nitrogens is 1. The van der Waals surface area contributed by atoms with Crippen molar-refractivity contribution in [1.29, 1.82) is 0 Å². The van der Waals surface area contributed by atoms with Crippen LogP contribution in [0.1, 0.15) is 40.0 Å². The number of fused-ring (bicyclic) bond motifs is 1. The molecule has 1 aromatic heterocycles. The van der Waals surface area contributed by atoms with Gasteiger partial charge in [-0.2, -0.15) is 0 Å². The molecule has 3 aromatic rings. The summed E-state index contributed by atoms with van der Waals surface area (Å²) in [6.07, 6.45) is 5.81. The van der Waals surface area contributed by atoms with Crippen LogP contribution in [0.15, 0.2) is 54.7 Å². The zero-order valence-electron chi connectivity index (χ0n) is 17.2. The average Bonchev–Trinajstić information content (AvgIpc) is 2.77. The number of nitrogens with zero attached hydrogens (tertiary/aromatic N) is 2. The van der Waals surface area contributed by atoms with Crippen molar-refractivity contribution in [3.63, 3.8) is 0 Å². The number of likely N-dealkylation sites (tertiary alicyclic amines) is 1. The molecule has 0 radical (unpaired) electrons. The molecule has 2 heterocycles. The quantitative estimate of drug-likeness (QED) is 0.676. The molecule has 2 amide bonds. The first kappa shape index (κ1) is 21.0. The number of carbonyl (C=O) groups is 2. The Hall–Kier alpha value is -3.26. The number of piperidine rings is 1. The second-order valence-corrected chi connectivity index (χ2v) is 9.47. The van der Waals surface area contributed by atoms with Gasteiger partial charge in [-0.05, 0) is 60.7 Å². The van der Waals surface area contributed by atoms with Gasteiger partial charge in [-0.3, -0.25) is 14.6 Å². The Labute approximate surface area is 181 Å². The molecule has 2 aromatic carbocycles. The molecule has 4 rings (SSSR count). The van der Waals surface area contributed by atoms with E-state index in [2.05, 4.69) is 4.98 Å². The highest BCUT2D eigenvalue weighted by Gasteiger charge is 2.20. The third kappa shape index (κ3) is 4.74. The van der Waals surface area contributed by atoms with Crippen molar-refractivity contribution in [2.75, 3.05) is 19.3 Å². The van der Waals surface area contributed by atoms with Gasteiger partial charge in [0.1, 0.15) is 0 Å². The number of nitrogens with one attached hydrogen (secondary N) is 1. The number of sulfonamides is 1. The molecule has 0 aliphatic carbocycles. The first-order chi connectivity index (χ1) is 14.8. The zero-order valence-corrected chi connectivity index (χ0v) is 18.0. The third-order valence-electron chi connectivity index (χ3n) is 5.37. The van der Waals surface area contributed by atoms with E-state index in [-0.39, 0.29) is 11.5 Å². The Bertz CT molecular complexity index is 1250. The highest BCUT2D eigenvalue weighted by atomic mass is 32.2. The summed E-state index contributed by atoms with van der Waals surface area (Å²) in [5, 5.41) is 0.787. The summed E-state index contributed by atoms with van der Waals surface area (Å²) in [5.41, 5.74) is 3.35. The highest BCUT2D eigenvalue weighted by molar-refractivity contribution is 7.89.